The third-order valence-electron chi connectivity index (χ3n) is 3.86. The summed E-state index contributed by atoms with van der Waals surface area (Å²) in [6.07, 6.45) is 0. The predicted molar refractivity (Wildman–Crippen MR) is 82.9 cm³/mol. The van der Waals surface area contributed by atoms with E-state index in [2.05, 4.69) is 43.3 Å². The summed E-state index contributed by atoms with van der Waals surface area (Å²) in [6, 6.07) is 8.15. The maximum absolute atomic E-state index is 9.24. The molecule has 0 aliphatic heterocycles. The number of halogens is 1. The van der Waals surface area contributed by atoms with Gasteiger partial charge in [-0.3, -0.25) is 0 Å². The van der Waals surface area contributed by atoms with E-state index in [1.54, 1.807) is 6.07 Å². The molecule has 2 aromatic rings. The monoisotopic (exact) mass is 289 g/mol. The first-order valence-corrected chi connectivity index (χ1v) is 7.26. The van der Waals surface area contributed by atoms with E-state index >= 15 is 0 Å². The first kappa shape index (κ1) is 14.9. The lowest BCUT2D eigenvalue weighted by Gasteiger charge is -2.30. The van der Waals surface area contributed by atoms with Crippen molar-refractivity contribution in [1.29, 1.82) is 5.26 Å². The maximum atomic E-state index is 9.24. The molecule has 2 atom stereocenters. The Morgan fingerprint density at radius 2 is 1.95 bits per heavy atom. The molecule has 0 N–H and O–H groups in total. The van der Waals surface area contributed by atoms with Crippen molar-refractivity contribution in [2.45, 2.75) is 46.0 Å². The number of hydrogen-bond acceptors (Lipinski definition) is 2. The minimum Gasteiger partial charge on any atom is -0.323 e. The lowest BCUT2D eigenvalue weighted by molar-refractivity contribution is 0.262. The van der Waals surface area contributed by atoms with Crippen molar-refractivity contribution in [2.24, 2.45) is 5.41 Å². The first-order chi connectivity index (χ1) is 9.27. The molecule has 0 fully saturated rings. The first-order valence-electron chi connectivity index (χ1n) is 6.82. The van der Waals surface area contributed by atoms with Gasteiger partial charge >= 0.3 is 0 Å². The van der Waals surface area contributed by atoms with Gasteiger partial charge in [-0.2, -0.15) is 5.26 Å². The molecule has 1 aromatic heterocycles. The molecule has 4 heteroatoms. The lowest BCUT2D eigenvalue weighted by Crippen LogP contribution is -2.23. The molecule has 106 valence electrons. The number of alkyl halides is 1. The molecular weight excluding hydrogens is 270 g/mol. The summed E-state index contributed by atoms with van der Waals surface area (Å²) in [6.45, 7) is 10.7. The SMILES string of the molecule is CC(Cl)c1nc2c(C#N)cccc2n1C(C)C(C)(C)C. The molecular formula is C16H20ClN3. The van der Waals surface area contributed by atoms with Crippen molar-refractivity contribution >= 4 is 22.6 Å². The molecule has 1 heterocycles. The van der Waals surface area contributed by atoms with E-state index in [1.165, 1.54) is 0 Å². The fourth-order valence-electron chi connectivity index (χ4n) is 2.30. The Morgan fingerprint density at radius 1 is 1.30 bits per heavy atom. The highest BCUT2D eigenvalue weighted by Crippen LogP contribution is 2.37. The molecule has 0 aliphatic rings. The molecule has 0 amide bonds. The molecule has 2 rings (SSSR count). The molecule has 0 radical (unpaired) electrons. The quantitative estimate of drug-likeness (QED) is 0.744. The zero-order chi connectivity index (χ0) is 15.1. The average Bonchev–Trinajstić information content (AvgIpc) is 2.75. The van der Waals surface area contributed by atoms with Crippen LogP contribution in [0.25, 0.3) is 11.0 Å². The van der Waals surface area contributed by atoms with E-state index in [0.717, 1.165) is 16.9 Å². The number of nitriles is 1. The normalized spacial score (nSPS) is 15.1. The van der Waals surface area contributed by atoms with Crippen LogP contribution in [0.1, 0.15) is 57.4 Å². The number of para-hydroxylation sites is 1. The number of aromatic nitrogens is 2. The average molecular weight is 290 g/mol. The van der Waals surface area contributed by atoms with Gasteiger partial charge in [0.25, 0.3) is 0 Å². The summed E-state index contributed by atoms with van der Waals surface area (Å²) < 4.78 is 2.17. The van der Waals surface area contributed by atoms with E-state index in [0.29, 0.717) is 5.56 Å². The summed E-state index contributed by atoms with van der Waals surface area (Å²) in [4.78, 5) is 4.63. The maximum Gasteiger partial charge on any atom is 0.128 e. The summed E-state index contributed by atoms with van der Waals surface area (Å²) in [7, 11) is 0. The Hall–Kier alpha value is -1.53. The third kappa shape index (κ3) is 2.41. The van der Waals surface area contributed by atoms with E-state index in [9.17, 15) is 5.26 Å². The van der Waals surface area contributed by atoms with E-state index in [4.69, 9.17) is 11.6 Å². The fraction of sp³-hybridized carbons (Fsp3) is 0.500. The fourth-order valence-corrected chi connectivity index (χ4v) is 2.45. The van der Waals surface area contributed by atoms with Crippen molar-refractivity contribution in [3.63, 3.8) is 0 Å². The number of benzene rings is 1. The van der Waals surface area contributed by atoms with Crippen LogP contribution in [0, 0.1) is 16.7 Å². The van der Waals surface area contributed by atoms with Crippen LogP contribution >= 0.6 is 11.6 Å². The van der Waals surface area contributed by atoms with Crippen molar-refractivity contribution in [2.75, 3.05) is 0 Å². The largest absolute Gasteiger partial charge is 0.323 e. The summed E-state index contributed by atoms with van der Waals surface area (Å²) in [5, 5.41) is 9.04. The van der Waals surface area contributed by atoms with Gasteiger partial charge in [-0.05, 0) is 31.4 Å². The molecule has 0 aliphatic carbocycles. The van der Waals surface area contributed by atoms with Gasteiger partial charge in [-0.15, -0.1) is 11.6 Å². The molecule has 0 saturated heterocycles. The Bertz CT molecular complexity index is 671. The van der Waals surface area contributed by atoms with Crippen LogP contribution in [-0.4, -0.2) is 9.55 Å². The van der Waals surface area contributed by atoms with E-state index < -0.39 is 0 Å². The van der Waals surface area contributed by atoms with Crippen LogP contribution in [0.2, 0.25) is 0 Å². The predicted octanol–water partition coefficient (Wildman–Crippen LogP) is 4.81. The minimum absolute atomic E-state index is 0.0802. The third-order valence-corrected chi connectivity index (χ3v) is 4.06. The molecule has 0 spiro atoms. The summed E-state index contributed by atoms with van der Waals surface area (Å²) in [5.41, 5.74) is 2.40. The van der Waals surface area contributed by atoms with Crippen LogP contribution < -0.4 is 0 Å². The standard InChI is InChI=1S/C16H20ClN3/c1-10(17)15-19-14-12(9-18)7-6-8-13(14)20(15)11(2)16(3,4)5/h6-8,10-11H,1-5H3. The Kier molecular flexibility index (Phi) is 3.80. The molecule has 3 nitrogen and oxygen atoms in total. The number of hydrogen-bond donors (Lipinski definition) is 0. The molecule has 2 unspecified atom stereocenters. The second kappa shape index (κ2) is 5.10. The van der Waals surface area contributed by atoms with Crippen molar-refractivity contribution < 1.29 is 0 Å². The lowest BCUT2D eigenvalue weighted by atomic mass is 9.87. The second-order valence-corrected chi connectivity index (χ2v) is 6.94. The number of fused-ring (bicyclic) bond motifs is 1. The van der Waals surface area contributed by atoms with Crippen molar-refractivity contribution in [1.82, 2.24) is 9.55 Å². The van der Waals surface area contributed by atoms with Crippen LogP contribution in [0.15, 0.2) is 18.2 Å². The van der Waals surface area contributed by atoms with Gasteiger partial charge in [0.05, 0.1) is 16.5 Å². The van der Waals surface area contributed by atoms with Gasteiger partial charge in [-0.1, -0.05) is 26.8 Å². The smallest absolute Gasteiger partial charge is 0.128 e. The van der Waals surface area contributed by atoms with Crippen molar-refractivity contribution in [3.05, 3.63) is 29.6 Å². The Labute approximate surface area is 125 Å². The Morgan fingerprint density at radius 3 is 2.45 bits per heavy atom. The summed E-state index contributed by atoms with van der Waals surface area (Å²) >= 11 is 6.30. The zero-order valence-electron chi connectivity index (χ0n) is 12.6. The van der Waals surface area contributed by atoms with Crippen molar-refractivity contribution in [3.8, 4) is 6.07 Å². The van der Waals surface area contributed by atoms with E-state index in [-0.39, 0.29) is 16.8 Å². The van der Waals surface area contributed by atoms with Gasteiger partial charge in [0.15, 0.2) is 0 Å². The van der Waals surface area contributed by atoms with Crippen LogP contribution in [0.4, 0.5) is 0 Å². The number of nitrogens with zero attached hydrogens (tertiary/aromatic N) is 3. The minimum atomic E-state index is -0.196. The highest BCUT2D eigenvalue weighted by Gasteiger charge is 2.27. The van der Waals surface area contributed by atoms with Gasteiger partial charge in [0, 0.05) is 6.04 Å². The number of imidazole rings is 1. The van der Waals surface area contributed by atoms with E-state index in [1.807, 2.05) is 19.1 Å². The molecule has 20 heavy (non-hydrogen) atoms. The highest BCUT2D eigenvalue weighted by atomic mass is 35.5. The molecule has 1 aromatic carbocycles. The van der Waals surface area contributed by atoms with Crippen LogP contribution in [0.3, 0.4) is 0 Å². The van der Waals surface area contributed by atoms with Crippen LogP contribution in [-0.2, 0) is 0 Å². The van der Waals surface area contributed by atoms with Gasteiger partial charge in [0.2, 0.25) is 0 Å². The van der Waals surface area contributed by atoms with Gasteiger partial charge in [-0.25, -0.2) is 4.98 Å². The van der Waals surface area contributed by atoms with Crippen LogP contribution in [0.5, 0.6) is 0 Å². The number of rotatable bonds is 2. The molecule has 0 saturated carbocycles. The van der Waals surface area contributed by atoms with Gasteiger partial charge < -0.3 is 4.57 Å². The topological polar surface area (TPSA) is 41.6 Å². The van der Waals surface area contributed by atoms with Gasteiger partial charge in [0.1, 0.15) is 17.4 Å². The summed E-state index contributed by atoms with van der Waals surface area (Å²) in [5.74, 6) is 0.826. The zero-order valence-corrected chi connectivity index (χ0v) is 13.4. The molecule has 0 bridgehead atoms. The second-order valence-electron chi connectivity index (χ2n) is 6.28. The highest BCUT2D eigenvalue weighted by molar-refractivity contribution is 6.20. The Balaban J connectivity index is 2.81.